The first-order valence-electron chi connectivity index (χ1n) is 7.41. The molecule has 1 aromatic carbocycles. The van der Waals surface area contributed by atoms with Crippen LogP contribution in [0.25, 0.3) is 11.0 Å². The Morgan fingerprint density at radius 1 is 1.40 bits per heavy atom. The molecule has 0 radical (unpaired) electrons. The van der Waals surface area contributed by atoms with E-state index >= 15 is 0 Å². The van der Waals surface area contributed by atoms with E-state index in [0.717, 1.165) is 24.3 Å². The summed E-state index contributed by atoms with van der Waals surface area (Å²) in [4.78, 5) is 7.24. The maximum absolute atomic E-state index is 5.97. The van der Waals surface area contributed by atoms with Gasteiger partial charge in [0.05, 0.1) is 11.0 Å². The van der Waals surface area contributed by atoms with Gasteiger partial charge in [-0.05, 0) is 51.1 Å². The number of hydrogen-bond donors (Lipinski definition) is 0. The van der Waals surface area contributed by atoms with Crippen molar-refractivity contribution in [2.45, 2.75) is 32.2 Å². The smallest absolute Gasteiger partial charge is 0.111 e. The molecule has 2 heterocycles. The fourth-order valence-corrected chi connectivity index (χ4v) is 3.45. The van der Waals surface area contributed by atoms with E-state index in [2.05, 4.69) is 41.6 Å². The van der Waals surface area contributed by atoms with Gasteiger partial charge in [0.1, 0.15) is 5.82 Å². The molecule has 0 amide bonds. The number of nitrogens with zero attached hydrogens (tertiary/aromatic N) is 3. The largest absolute Gasteiger partial charge is 0.324 e. The van der Waals surface area contributed by atoms with Gasteiger partial charge in [-0.2, -0.15) is 0 Å². The predicted octanol–water partition coefficient (Wildman–Crippen LogP) is 3.39. The number of halogens is 1. The molecule has 0 saturated carbocycles. The Labute approximate surface area is 125 Å². The van der Waals surface area contributed by atoms with Gasteiger partial charge >= 0.3 is 0 Å². The second-order valence-corrected chi connectivity index (χ2v) is 6.27. The van der Waals surface area contributed by atoms with Crippen LogP contribution in [0.15, 0.2) is 18.2 Å². The normalized spacial score (nSPS) is 20.6. The summed E-state index contributed by atoms with van der Waals surface area (Å²) in [6.45, 7) is 4.43. The van der Waals surface area contributed by atoms with Crippen molar-refractivity contribution < 1.29 is 0 Å². The number of rotatable bonds is 3. The first kappa shape index (κ1) is 13.9. The van der Waals surface area contributed by atoms with Crippen LogP contribution in [-0.2, 0) is 6.42 Å². The van der Waals surface area contributed by atoms with Crippen molar-refractivity contribution in [3.8, 4) is 0 Å². The fraction of sp³-hybridized carbons (Fsp3) is 0.562. The molecule has 1 aromatic heterocycles. The number of benzene rings is 1. The zero-order chi connectivity index (χ0) is 14.1. The first-order chi connectivity index (χ1) is 9.69. The number of hydrogen-bond acceptors (Lipinski definition) is 2. The van der Waals surface area contributed by atoms with Crippen LogP contribution in [-0.4, -0.2) is 40.5 Å². The summed E-state index contributed by atoms with van der Waals surface area (Å²) in [5.74, 6) is 1.77. The Hall–Kier alpha value is -1.06. The van der Waals surface area contributed by atoms with Crippen LogP contribution < -0.4 is 0 Å². The molecule has 1 aliphatic rings. The Kier molecular flexibility index (Phi) is 3.99. The molecule has 1 fully saturated rings. The molecule has 1 saturated heterocycles. The monoisotopic (exact) mass is 291 g/mol. The van der Waals surface area contributed by atoms with Crippen molar-refractivity contribution in [2.24, 2.45) is 0 Å². The maximum atomic E-state index is 5.97. The Bertz CT molecular complexity index is 605. The molecule has 1 unspecified atom stereocenters. The van der Waals surface area contributed by atoms with Crippen molar-refractivity contribution in [3.63, 3.8) is 0 Å². The molecule has 3 nitrogen and oxygen atoms in total. The SMILES string of the molecule is Cc1ccc2c(c1)nc(CCCl)n2C1CCCN(C)C1. The number of alkyl halides is 1. The van der Waals surface area contributed by atoms with E-state index in [4.69, 9.17) is 16.6 Å². The predicted molar refractivity (Wildman–Crippen MR) is 84.7 cm³/mol. The summed E-state index contributed by atoms with van der Waals surface area (Å²) in [6, 6.07) is 7.09. The van der Waals surface area contributed by atoms with Gasteiger partial charge in [-0.15, -0.1) is 11.6 Å². The highest BCUT2D eigenvalue weighted by Crippen LogP contribution is 2.28. The average molecular weight is 292 g/mol. The van der Waals surface area contributed by atoms with Crippen LogP contribution in [0.4, 0.5) is 0 Å². The van der Waals surface area contributed by atoms with Crippen LogP contribution in [0, 0.1) is 6.92 Å². The van der Waals surface area contributed by atoms with E-state index in [9.17, 15) is 0 Å². The minimum Gasteiger partial charge on any atom is -0.324 e. The van der Waals surface area contributed by atoms with E-state index < -0.39 is 0 Å². The quantitative estimate of drug-likeness (QED) is 0.808. The molecule has 0 spiro atoms. The van der Waals surface area contributed by atoms with Crippen molar-refractivity contribution >= 4 is 22.6 Å². The molecule has 1 aliphatic heterocycles. The summed E-state index contributed by atoms with van der Waals surface area (Å²) in [6.07, 6.45) is 3.33. The molecular formula is C16H22ClN3. The van der Waals surface area contributed by atoms with Crippen molar-refractivity contribution in [2.75, 3.05) is 26.0 Å². The lowest BCUT2D eigenvalue weighted by Gasteiger charge is -2.32. The molecule has 20 heavy (non-hydrogen) atoms. The highest BCUT2D eigenvalue weighted by atomic mass is 35.5. The van der Waals surface area contributed by atoms with E-state index in [0.29, 0.717) is 11.9 Å². The van der Waals surface area contributed by atoms with E-state index in [1.807, 2.05) is 0 Å². The summed E-state index contributed by atoms with van der Waals surface area (Å²) in [5.41, 5.74) is 3.63. The second-order valence-electron chi connectivity index (χ2n) is 5.89. The molecule has 108 valence electrons. The summed E-state index contributed by atoms with van der Waals surface area (Å²) in [5, 5.41) is 0. The van der Waals surface area contributed by atoms with Gasteiger partial charge in [-0.1, -0.05) is 6.07 Å². The van der Waals surface area contributed by atoms with Crippen molar-refractivity contribution in [1.82, 2.24) is 14.5 Å². The third kappa shape index (κ3) is 2.57. The van der Waals surface area contributed by atoms with Crippen LogP contribution in [0.3, 0.4) is 0 Å². The number of likely N-dealkylation sites (tertiary alicyclic amines) is 1. The molecule has 1 atom stereocenters. The third-order valence-electron chi connectivity index (χ3n) is 4.20. The average Bonchev–Trinajstić information content (AvgIpc) is 2.76. The minimum atomic E-state index is 0.527. The van der Waals surface area contributed by atoms with Crippen LogP contribution in [0.1, 0.15) is 30.3 Å². The zero-order valence-corrected chi connectivity index (χ0v) is 13.0. The van der Waals surface area contributed by atoms with Gasteiger partial charge in [0.2, 0.25) is 0 Å². The van der Waals surface area contributed by atoms with Crippen LogP contribution in [0.5, 0.6) is 0 Å². The van der Waals surface area contributed by atoms with E-state index in [1.54, 1.807) is 0 Å². The number of imidazole rings is 1. The van der Waals surface area contributed by atoms with E-state index in [-0.39, 0.29) is 0 Å². The van der Waals surface area contributed by atoms with Gasteiger partial charge in [0.25, 0.3) is 0 Å². The number of piperidine rings is 1. The molecular weight excluding hydrogens is 270 g/mol. The Morgan fingerprint density at radius 2 is 2.25 bits per heavy atom. The molecule has 0 aliphatic carbocycles. The molecule has 2 aromatic rings. The zero-order valence-electron chi connectivity index (χ0n) is 12.3. The van der Waals surface area contributed by atoms with Gasteiger partial charge < -0.3 is 9.47 Å². The standard InChI is InChI=1S/C16H22ClN3/c1-12-5-6-15-14(10-12)18-16(7-8-17)20(15)13-4-3-9-19(2)11-13/h5-6,10,13H,3-4,7-9,11H2,1-2H3. The van der Waals surface area contributed by atoms with Gasteiger partial charge in [-0.25, -0.2) is 4.98 Å². The lowest BCUT2D eigenvalue weighted by molar-refractivity contribution is 0.212. The van der Waals surface area contributed by atoms with Gasteiger partial charge in [-0.3, -0.25) is 0 Å². The first-order valence-corrected chi connectivity index (χ1v) is 7.94. The second kappa shape index (κ2) is 5.74. The highest BCUT2D eigenvalue weighted by molar-refractivity contribution is 6.17. The van der Waals surface area contributed by atoms with Gasteiger partial charge in [0.15, 0.2) is 0 Å². The third-order valence-corrected chi connectivity index (χ3v) is 4.39. The lowest BCUT2D eigenvalue weighted by Crippen LogP contribution is -2.34. The number of likely N-dealkylation sites (N-methyl/N-ethyl adjacent to an activating group) is 1. The Morgan fingerprint density at radius 3 is 3.00 bits per heavy atom. The molecule has 0 bridgehead atoms. The topological polar surface area (TPSA) is 21.1 Å². The van der Waals surface area contributed by atoms with Crippen molar-refractivity contribution in [3.05, 3.63) is 29.6 Å². The molecule has 4 heteroatoms. The summed E-state index contributed by atoms with van der Waals surface area (Å²) < 4.78 is 2.44. The van der Waals surface area contributed by atoms with Gasteiger partial charge in [0, 0.05) is 24.9 Å². The fourth-order valence-electron chi connectivity index (χ4n) is 3.28. The highest BCUT2D eigenvalue weighted by Gasteiger charge is 2.23. The summed E-state index contributed by atoms with van der Waals surface area (Å²) >= 11 is 5.97. The summed E-state index contributed by atoms with van der Waals surface area (Å²) in [7, 11) is 2.21. The molecule has 3 rings (SSSR count). The minimum absolute atomic E-state index is 0.527. The Balaban J connectivity index is 2.08. The van der Waals surface area contributed by atoms with Crippen molar-refractivity contribution in [1.29, 1.82) is 0 Å². The number of aryl methyl sites for hydroxylation is 2. The van der Waals surface area contributed by atoms with E-state index in [1.165, 1.54) is 30.5 Å². The number of aromatic nitrogens is 2. The lowest BCUT2D eigenvalue weighted by atomic mass is 10.1. The molecule has 0 N–H and O–H groups in total. The van der Waals surface area contributed by atoms with Crippen LogP contribution in [0.2, 0.25) is 0 Å². The number of fused-ring (bicyclic) bond motifs is 1. The van der Waals surface area contributed by atoms with Crippen LogP contribution >= 0.6 is 11.6 Å². The maximum Gasteiger partial charge on any atom is 0.111 e.